The number of benzene rings is 1. The number of halogens is 2. The molecule has 0 saturated heterocycles. The molecular weight excluding hydrogens is 286 g/mol. The van der Waals surface area contributed by atoms with Gasteiger partial charge < -0.3 is 0 Å². The van der Waals surface area contributed by atoms with Crippen molar-refractivity contribution in [1.29, 1.82) is 0 Å². The third-order valence-corrected chi connectivity index (χ3v) is 7.04. The van der Waals surface area contributed by atoms with Crippen LogP contribution >= 0.6 is 25.9 Å². The molecule has 0 saturated carbocycles. The zero-order valence-electron chi connectivity index (χ0n) is 6.22. The van der Waals surface area contributed by atoms with E-state index < -0.39 is 13.7 Å². The Morgan fingerprint density at radius 3 is 2.82 bits per heavy atom. The fourth-order valence-electron chi connectivity index (χ4n) is 0.810. The van der Waals surface area contributed by atoms with E-state index in [-0.39, 0.29) is 0 Å². The van der Waals surface area contributed by atoms with Crippen molar-refractivity contribution in [2.45, 2.75) is 12.1 Å². The Morgan fingerprint density at radius 2 is 2.27 bits per heavy atom. The molecule has 0 fully saturated rings. The van der Waals surface area contributed by atoms with E-state index in [0.717, 1.165) is 9.68 Å². The second-order valence-corrected chi connectivity index (χ2v) is 9.12. The summed E-state index contributed by atoms with van der Waals surface area (Å²) in [7, 11) is 6.19. The molecule has 60 valence electrons. The van der Waals surface area contributed by atoms with E-state index >= 15 is 0 Å². The molecule has 0 N–H and O–H groups in total. The van der Waals surface area contributed by atoms with Crippen LogP contribution in [0.15, 0.2) is 28.7 Å². The Bertz CT molecular complexity index is 239. The van der Waals surface area contributed by atoms with Crippen LogP contribution in [-0.4, -0.2) is 13.7 Å². The van der Waals surface area contributed by atoms with Gasteiger partial charge in [-0.15, -0.1) is 0 Å². The molecule has 0 aromatic heterocycles. The molecule has 3 heteroatoms. The first kappa shape index (κ1) is 9.64. The average Bonchev–Trinajstić information content (AvgIpc) is 2.03. The molecule has 0 aliphatic carbocycles. The van der Waals surface area contributed by atoms with Crippen molar-refractivity contribution in [3.63, 3.8) is 0 Å². The fourth-order valence-corrected chi connectivity index (χ4v) is 4.01. The molecular formula is C8H9AsBrCl. The van der Waals surface area contributed by atoms with Crippen LogP contribution in [-0.2, 0) is 0 Å². The Hall–Kier alpha value is 0.548. The molecule has 0 radical (unpaired) electrons. The number of rotatable bonds is 2. The van der Waals surface area contributed by atoms with Crippen molar-refractivity contribution in [2.24, 2.45) is 0 Å². The van der Waals surface area contributed by atoms with Gasteiger partial charge in [-0.1, -0.05) is 0 Å². The summed E-state index contributed by atoms with van der Waals surface area (Å²) in [5, 5.41) is 1.12. The van der Waals surface area contributed by atoms with Crippen LogP contribution in [0.2, 0.25) is 5.21 Å². The SMILES string of the molecule is CC[As](Cl)c1cccc(Br)c1. The van der Waals surface area contributed by atoms with Gasteiger partial charge in [-0.3, -0.25) is 0 Å². The summed E-state index contributed by atoms with van der Waals surface area (Å²) >= 11 is 2.24. The zero-order chi connectivity index (χ0) is 8.27. The van der Waals surface area contributed by atoms with Gasteiger partial charge in [-0.05, 0) is 0 Å². The second-order valence-electron chi connectivity index (χ2n) is 2.16. The summed E-state index contributed by atoms with van der Waals surface area (Å²) in [6.45, 7) is 2.15. The molecule has 0 aliphatic rings. The molecule has 1 aromatic rings. The molecule has 0 heterocycles. The summed E-state index contributed by atoms with van der Waals surface area (Å²) in [4.78, 5) is 0. The van der Waals surface area contributed by atoms with Crippen LogP contribution in [0.1, 0.15) is 6.92 Å². The Balaban J connectivity index is 2.86. The van der Waals surface area contributed by atoms with Crippen molar-refractivity contribution < 1.29 is 0 Å². The quantitative estimate of drug-likeness (QED) is 0.736. The minimum absolute atomic E-state index is 1.12. The van der Waals surface area contributed by atoms with Crippen LogP contribution in [0.25, 0.3) is 0 Å². The molecule has 1 atom stereocenters. The summed E-state index contributed by atoms with van der Waals surface area (Å²) < 4.78 is 2.46. The van der Waals surface area contributed by atoms with E-state index in [2.05, 4.69) is 35.0 Å². The van der Waals surface area contributed by atoms with Gasteiger partial charge in [0, 0.05) is 0 Å². The average molecular weight is 295 g/mol. The normalized spacial score (nSPS) is 13.0. The molecule has 11 heavy (non-hydrogen) atoms. The summed E-state index contributed by atoms with van der Waals surface area (Å²) in [6, 6.07) is 8.30. The van der Waals surface area contributed by atoms with Crippen LogP contribution in [0, 0.1) is 0 Å². The van der Waals surface area contributed by atoms with Gasteiger partial charge in [-0.2, -0.15) is 0 Å². The van der Waals surface area contributed by atoms with Crippen molar-refractivity contribution in [3.8, 4) is 0 Å². The first-order valence-corrected chi connectivity index (χ1v) is 8.95. The molecule has 0 amide bonds. The van der Waals surface area contributed by atoms with Crippen LogP contribution in [0.4, 0.5) is 0 Å². The Kier molecular flexibility index (Phi) is 3.98. The number of hydrogen-bond acceptors (Lipinski definition) is 0. The third kappa shape index (κ3) is 2.81. The molecule has 1 aromatic carbocycles. The minimum atomic E-state index is -1.19. The van der Waals surface area contributed by atoms with E-state index in [9.17, 15) is 0 Å². The first-order chi connectivity index (χ1) is 5.24. The van der Waals surface area contributed by atoms with E-state index in [1.807, 2.05) is 12.1 Å². The van der Waals surface area contributed by atoms with E-state index in [1.165, 1.54) is 4.35 Å². The van der Waals surface area contributed by atoms with Crippen LogP contribution in [0.3, 0.4) is 0 Å². The van der Waals surface area contributed by atoms with Crippen molar-refractivity contribution in [1.82, 2.24) is 0 Å². The predicted molar refractivity (Wildman–Crippen MR) is 55.9 cm³/mol. The van der Waals surface area contributed by atoms with E-state index in [0.29, 0.717) is 0 Å². The molecule has 0 aliphatic heterocycles. The molecule has 0 nitrogen and oxygen atoms in total. The van der Waals surface area contributed by atoms with Gasteiger partial charge in [0.15, 0.2) is 0 Å². The van der Waals surface area contributed by atoms with Gasteiger partial charge in [0.2, 0.25) is 0 Å². The van der Waals surface area contributed by atoms with Gasteiger partial charge in [-0.25, -0.2) is 0 Å². The van der Waals surface area contributed by atoms with Crippen molar-refractivity contribution >= 4 is 43.9 Å². The molecule has 0 spiro atoms. The third-order valence-electron chi connectivity index (χ3n) is 1.37. The van der Waals surface area contributed by atoms with Gasteiger partial charge in [0.25, 0.3) is 0 Å². The standard InChI is InChI=1S/C8H9AsBrCl/c1-2-9(11)7-4-3-5-8(10)6-7/h3-6H,2H2,1H3. The van der Waals surface area contributed by atoms with E-state index in [4.69, 9.17) is 9.95 Å². The Labute approximate surface area is 84.5 Å². The summed E-state index contributed by atoms with van der Waals surface area (Å²) in [5.74, 6) is 0. The van der Waals surface area contributed by atoms with Gasteiger partial charge >= 0.3 is 84.8 Å². The fraction of sp³-hybridized carbons (Fsp3) is 0.250. The molecule has 0 bridgehead atoms. The van der Waals surface area contributed by atoms with Crippen LogP contribution < -0.4 is 4.35 Å². The maximum absolute atomic E-state index is 6.19. The Morgan fingerprint density at radius 1 is 1.55 bits per heavy atom. The monoisotopic (exact) mass is 294 g/mol. The predicted octanol–water partition coefficient (Wildman–Crippen LogP) is 2.91. The number of hydrogen-bond donors (Lipinski definition) is 0. The van der Waals surface area contributed by atoms with Gasteiger partial charge in [0.1, 0.15) is 0 Å². The summed E-state index contributed by atoms with van der Waals surface area (Å²) in [5.41, 5.74) is 0. The topological polar surface area (TPSA) is 0 Å². The molecule has 1 rings (SSSR count). The van der Waals surface area contributed by atoms with Crippen LogP contribution in [0.5, 0.6) is 0 Å². The van der Waals surface area contributed by atoms with E-state index in [1.54, 1.807) is 0 Å². The zero-order valence-corrected chi connectivity index (χ0v) is 10.4. The van der Waals surface area contributed by atoms with Crippen molar-refractivity contribution in [2.75, 3.05) is 0 Å². The maximum atomic E-state index is 6.19. The second kappa shape index (κ2) is 4.54. The van der Waals surface area contributed by atoms with Crippen molar-refractivity contribution in [3.05, 3.63) is 28.7 Å². The summed E-state index contributed by atoms with van der Waals surface area (Å²) in [6.07, 6.45) is 0. The molecule has 1 unspecified atom stereocenters. The van der Waals surface area contributed by atoms with Gasteiger partial charge in [0.05, 0.1) is 0 Å². The first-order valence-electron chi connectivity index (χ1n) is 3.43.